The minimum Gasteiger partial charge on any atom is -0.497 e. The fourth-order valence-electron chi connectivity index (χ4n) is 3.55. The maximum absolute atomic E-state index is 6.24. The third-order valence-electron chi connectivity index (χ3n) is 4.77. The van der Waals surface area contributed by atoms with Crippen LogP contribution in [0.25, 0.3) is 0 Å². The van der Waals surface area contributed by atoms with Crippen molar-refractivity contribution in [3.63, 3.8) is 0 Å². The second-order valence-electron chi connectivity index (χ2n) is 6.42. The van der Waals surface area contributed by atoms with Crippen LogP contribution in [0.1, 0.15) is 43.4 Å². The molecule has 0 N–H and O–H groups in total. The van der Waals surface area contributed by atoms with Crippen molar-refractivity contribution < 1.29 is 9.47 Å². The Kier molecular flexibility index (Phi) is 4.42. The zero-order chi connectivity index (χ0) is 17.4. The lowest BCUT2D eigenvalue weighted by atomic mass is 9.96. The number of hydrogen-bond acceptors (Lipinski definition) is 4. The fraction of sp³-hybridized carbons (Fsp3) is 0.350. The number of rotatable bonds is 4. The van der Waals surface area contributed by atoms with E-state index in [0.717, 1.165) is 46.5 Å². The van der Waals surface area contributed by atoms with E-state index in [1.807, 2.05) is 18.2 Å². The zero-order valence-electron chi connectivity index (χ0n) is 14.4. The van der Waals surface area contributed by atoms with Crippen LogP contribution in [0.5, 0.6) is 11.5 Å². The Morgan fingerprint density at radius 1 is 1.28 bits per heavy atom. The summed E-state index contributed by atoms with van der Waals surface area (Å²) in [6, 6.07) is 14.6. The number of methoxy groups -OCH3 is 1. The van der Waals surface area contributed by atoms with Gasteiger partial charge < -0.3 is 9.47 Å². The maximum Gasteiger partial charge on any atom is 0.187 e. The molecule has 0 amide bonds. The Morgan fingerprint density at radius 3 is 2.96 bits per heavy atom. The van der Waals surface area contributed by atoms with E-state index in [-0.39, 0.29) is 12.3 Å². The highest BCUT2D eigenvalue weighted by Crippen LogP contribution is 2.44. The zero-order valence-corrected chi connectivity index (χ0v) is 16.0. The number of hydrogen-bond donors (Lipinski definition) is 0. The lowest BCUT2D eigenvalue weighted by molar-refractivity contribution is -0.0223. The number of hydrazone groups is 1. The largest absolute Gasteiger partial charge is 0.497 e. The van der Waals surface area contributed by atoms with Crippen LogP contribution in [0.2, 0.25) is 0 Å². The first-order valence-corrected chi connectivity index (χ1v) is 9.45. The van der Waals surface area contributed by atoms with Crippen molar-refractivity contribution in [2.24, 2.45) is 5.10 Å². The second kappa shape index (κ2) is 6.71. The van der Waals surface area contributed by atoms with Gasteiger partial charge in [-0.1, -0.05) is 41.4 Å². The molecule has 0 saturated carbocycles. The molecule has 2 aromatic carbocycles. The van der Waals surface area contributed by atoms with Gasteiger partial charge in [0.05, 0.1) is 18.9 Å². The number of fused-ring (bicyclic) bond motifs is 3. The predicted octanol–water partition coefficient (Wildman–Crippen LogP) is 5.13. The second-order valence-corrected chi connectivity index (χ2v) is 7.34. The lowest BCUT2D eigenvalue weighted by Crippen LogP contribution is -2.40. The van der Waals surface area contributed by atoms with E-state index in [1.54, 1.807) is 7.11 Å². The van der Waals surface area contributed by atoms with Crippen LogP contribution in [0, 0.1) is 0 Å². The summed E-state index contributed by atoms with van der Waals surface area (Å²) in [5.41, 5.74) is 3.39. The van der Waals surface area contributed by atoms with Gasteiger partial charge in [0, 0.05) is 28.4 Å². The summed E-state index contributed by atoms with van der Waals surface area (Å²) in [5, 5.41) is 7.08. The van der Waals surface area contributed by atoms with Crippen LogP contribution < -0.4 is 9.47 Å². The molecule has 0 bridgehead atoms. The molecule has 0 aromatic heterocycles. The Bertz CT molecular complexity index is 821. The average Bonchev–Trinajstić information content (AvgIpc) is 3.08. The summed E-state index contributed by atoms with van der Waals surface area (Å²) in [4.78, 5) is 0. The van der Waals surface area contributed by atoms with Crippen molar-refractivity contribution in [1.29, 1.82) is 0 Å². The molecule has 5 heteroatoms. The third kappa shape index (κ3) is 3.01. The molecule has 2 aliphatic rings. The summed E-state index contributed by atoms with van der Waals surface area (Å²) < 4.78 is 12.7. The van der Waals surface area contributed by atoms with Crippen LogP contribution >= 0.6 is 15.9 Å². The van der Waals surface area contributed by atoms with Gasteiger partial charge in [-0.15, -0.1) is 0 Å². The number of benzene rings is 2. The van der Waals surface area contributed by atoms with Gasteiger partial charge in [0.15, 0.2) is 6.23 Å². The topological polar surface area (TPSA) is 34.1 Å². The molecule has 0 aliphatic carbocycles. The smallest absolute Gasteiger partial charge is 0.187 e. The van der Waals surface area contributed by atoms with Gasteiger partial charge in [0.2, 0.25) is 0 Å². The predicted molar refractivity (Wildman–Crippen MR) is 102 cm³/mol. The molecule has 0 radical (unpaired) electrons. The summed E-state index contributed by atoms with van der Waals surface area (Å²) in [6.07, 6.45) is 2.89. The highest BCUT2D eigenvalue weighted by molar-refractivity contribution is 9.10. The molecular formula is C20H21BrN2O2. The number of halogens is 1. The summed E-state index contributed by atoms with van der Waals surface area (Å²) in [7, 11) is 1.69. The number of ether oxygens (including phenoxy) is 2. The molecular weight excluding hydrogens is 380 g/mol. The highest BCUT2D eigenvalue weighted by atomic mass is 79.9. The first kappa shape index (κ1) is 16.5. The van der Waals surface area contributed by atoms with Gasteiger partial charge >= 0.3 is 0 Å². The van der Waals surface area contributed by atoms with Crippen LogP contribution in [-0.2, 0) is 0 Å². The minimum atomic E-state index is -0.00761. The quantitative estimate of drug-likeness (QED) is 0.713. The molecule has 2 heterocycles. The van der Waals surface area contributed by atoms with Crippen molar-refractivity contribution in [2.75, 3.05) is 7.11 Å². The van der Waals surface area contributed by atoms with Gasteiger partial charge in [0.25, 0.3) is 0 Å². The highest BCUT2D eigenvalue weighted by Gasteiger charge is 2.39. The van der Waals surface area contributed by atoms with Crippen molar-refractivity contribution in [1.82, 2.24) is 5.01 Å². The summed E-state index contributed by atoms with van der Waals surface area (Å²) in [5.74, 6) is 1.83. The van der Waals surface area contributed by atoms with Crippen LogP contribution in [0.15, 0.2) is 52.0 Å². The van der Waals surface area contributed by atoms with E-state index >= 15 is 0 Å². The van der Waals surface area contributed by atoms with Gasteiger partial charge in [0.1, 0.15) is 11.5 Å². The van der Waals surface area contributed by atoms with Crippen LogP contribution in [0.4, 0.5) is 0 Å². The van der Waals surface area contributed by atoms with Crippen molar-refractivity contribution in [3.8, 4) is 11.5 Å². The average molecular weight is 401 g/mol. The maximum atomic E-state index is 6.24. The molecule has 0 unspecified atom stereocenters. The SMILES string of the molecule is CCC[C@@H]1Oc2ccc(Br)cc2[C@@H]2CC(c3cccc(OC)c3)=NN12. The van der Waals surface area contributed by atoms with Gasteiger partial charge in [-0.2, -0.15) is 5.10 Å². The third-order valence-corrected chi connectivity index (χ3v) is 5.26. The Labute approximate surface area is 156 Å². The molecule has 2 aliphatic heterocycles. The van der Waals surface area contributed by atoms with Gasteiger partial charge in [-0.3, -0.25) is 5.01 Å². The Hall–Kier alpha value is -2.01. The van der Waals surface area contributed by atoms with E-state index in [1.165, 1.54) is 5.56 Å². The van der Waals surface area contributed by atoms with Crippen molar-refractivity contribution in [2.45, 2.75) is 38.5 Å². The molecule has 2 atom stereocenters. The molecule has 4 rings (SSSR count). The first-order chi connectivity index (χ1) is 12.2. The van der Waals surface area contributed by atoms with E-state index in [2.05, 4.69) is 52.1 Å². The first-order valence-electron chi connectivity index (χ1n) is 8.66. The van der Waals surface area contributed by atoms with Crippen LogP contribution in [0.3, 0.4) is 0 Å². The molecule has 0 saturated heterocycles. The normalized spacial score (nSPS) is 21.2. The van der Waals surface area contributed by atoms with Crippen molar-refractivity contribution in [3.05, 3.63) is 58.1 Å². The molecule has 0 spiro atoms. The monoisotopic (exact) mass is 400 g/mol. The van der Waals surface area contributed by atoms with E-state index < -0.39 is 0 Å². The van der Waals surface area contributed by atoms with E-state index in [9.17, 15) is 0 Å². The number of nitrogens with zero attached hydrogens (tertiary/aromatic N) is 2. The standard InChI is InChI=1S/C20H21BrN2O2/c1-3-5-20-23-18(16-11-14(21)8-9-19(16)25-20)12-17(22-23)13-6-4-7-15(10-13)24-2/h4,6-11,18,20H,3,5,12H2,1-2H3/t18-,20-/m0/s1. The Morgan fingerprint density at radius 2 is 2.16 bits per heavy atom. The van der Waals surface area contributed by atoms with E-state index in [0.29, 0.717) is 0 Å². The fourth-order valence-corrected chi connectivity index (χ4v) is 3.93. The van der Waals surface area contributed by atoms with Crippen molar-refractivity contribution >= 4 is 21.6 Å². The Balaban J connectivity index is 1.72. The minimum absolute atomic E-state index is 0.00761. The molecule has 25 heavy (non-hydrogen) atoms. The summed E-state index contributed by atoms with van der Waals surface area (Å²) >= 11 is 3.58. The summed E-state index contributed by atoms with van der Waals surface area (Å²) in [6.45, 7) is 2.18. The molecule has 130 valence electrons. The molecule has 2 aromatic rings. The molecule has 0 fully saturated rings. The lowest BCUT2D eigenvalue weighted by Gasteiger charge is -2.38. The van der Waals surface area contributed by atoms with E-state index in [4.69, 9.17) is 14.6 Å². The van der Waals surface area contributed by atoms with Gasteiger partial charge in [-0.05, 0) is 30.3 Å². The van der Waals surface area contributed by atoms with Gasteiger partial charge in [-0.25, -0.2) is 0 Å². The van der Waals surface area contributed by atoms with Crippen LogP contribution in [-0.4, -0.2) is 24.1 Å². The molecule has 4 nitrogen and oxygen atoms in total.